The van der Waals surface area contributed by atoms with Gasteiger partial charge in [-0.3, -0.25) is 4.98 Å². The van der Waals surface area contributed by atoms with E-state index in [9.17, 15) is 0 Å². The largest absolute Gasteiger partial charge is 0.369 e. The van der Waals surface area contributed by atoms with Crippen LogP contribution < -0.4 is 11.1 Å². The smallest absolute Gasteiger partial charge is 0.147 e. The van der Waals surface area contributed by atoms with Gasteiger partial charge in [0.05, 0.1) is 11.4 Å². The number of nitrogens with zero attached hydrogens (tertiary/aromatic N) is 2. The quantitative estimate of drug-likeness (QED) is 0.674. The molecular formula is C9H16N4. The molecule has 1 aromatic heterocycles. The second-order valence-electron chi connectivity index (χ2n) is 3.01. The van der Waals surface area contributed by atoms with Crippen LogP contribution in [-0.4, -0.2) is 23.1 Å². The number of hydrogen-bond donors (Lipinski definition) is 2. The lowest BCUT2D eigenvalue weighted by Gasteiger charge is -2.07. The van der Waals surface area contributed by atoms with Gasteiger partial charge in [-0.15, -0.1) is 0 Å². The van der Waals surface area contributed by atoms with Gasteiger partial charge in [0, 0.05) is 12.7 Å². The molecule has 1 aromatic rings. The zero-order valence-electron chi connectivity index (χ0n) is 8.17. The van der Waals surface area contributed by atoms with Crippen LogP contribution in [0.4, 0.5) is 5.82 Å². The maximum Gasteiger partial charge on any atom is 0.147 e. The average Bonchev–Trinajstić information content (AvgIpc) is 2.11. The van der Waals surface area contributed by atoms with Gasteiger partial charge in [0.25, 0.3) is 0 Å². The number of nitrogens with one attached hydrogen (secondary N) is 1. The summed E-state index contributed by atoms with van der Waals surface area (Å²) in [5.74, 6) is 0.869. The second kappa shape index (κ2) is 4.77. The molecule has 4 heteroatoms. The first-order valence-electron chi connectivity index (χ1n) is 4.48. The highest BCUT2D eigenvalue weighted by Crippen LogP contribution is 2.07. The van der Waals surface area contributed by atoms with Crippen molar-refractivity contribution in [2.24, 2.45) is 5.73 Å². The maximum absolute atomic E-state index is 5.38. The van der Waals surface area contributed by atoms with Gasteiger partial charge in [0.1, 0.15) is 5.82 Å². The average molecular weight is 180 g/mol. The molecule has 1 heterocycles. The third-order valence-electron chi connectivity index (χ3n) is 1.75. The molecule has 0 aliphatic heterocycles. The fraction of sp³-hybridized carbons (Fsp3) is 0.556. The predicted octanol–water partition coefficient (Wildman–Crippen LogP) is 0.854. The minimum Gasteiger partial charge on any atom is -0.369 e. The second-order valence-corrected chi connectivity index (χ2v) is 3.01. The standard InChI is InChI=1S/C9H16N4/c1-7-6-12-8(2)9(13-7)11-5-3-4-10/h6H,3-5,10H2,1-2H3,(H,11,13). The molecule has 0 unspecified atom stereocenters. The van der Waals surface area contributed by atoms with Crippen molar-refractivity contribution in [1.29, 1.82) is 0 Å². The first-order valence-corrected chi connectivity index (χ1v) is 4.48. The molecule has 0 radical (unpaired) electrons. The van der Waals surface area contributed by atoms with Crippen molar-refractivity contribution >= 4 is 5.82 Å². The highest BCUT2D eigenvalue weighted by Gasteiger charge is 1.99. The van der Waals surface area contributed by atoms with E-state index >= 15 is 0 Å². The van der Waals surface area contributed by atoms with Crippen LogP contribution in [-0.2, 0) is 0 Å². The van der Waals surface area contributed by atoms with E-state index in [1.54, 1.807) is 6.20 Å². The molecule has 4 nitrogen and oxygen atoms in total. The van der Waals surface area contributed by atoms with Crippen LogP contribution in [0.3, 0.4) is 0 Å². The summed E-state index contributed by atoms with van der Waals surface area (Å²) in [6.07, 6.45) is 2.72. The number of rotatable bonds is 4. The Balaban J connectivity index is 2.59. The fourth-order valence-electron chi connectivity index (χ4n) is 1.01. The zero-order chi connectivity index (χ0) is 9.68. The molecule has 0 saturated heterocycles. The van der Waals surface area contributed by atoms with Crippen molar-refractivity contribution in [2.75, 3.05) is 18.4 Å². The molecule has 0 saturated carbocycles. The van der Waals surface area contributed by atoms with Gasteiger partial charge in [0.15, 0.2) is 0 Å². The number of aromatic nitrogens is 2. The number of hydrogen-bond acceptors (Lipinski definition) is 4. The minimum atomic E-state index is 0.700. The topological polar surface area (TPSA) is 63.8 Å². The summed E-state index contributed by atoms with van der Waals surface area (Å²) in [6, 6.07) is 0. The summed E-state index contributed by atoms with van der Waals surface area (Å²) in [5.41, 5.74) is 7.25. The monoisotopic (exact) mass is 180 g/mol. The summed E-state index contributed by atoms with van der Waals surface area (Å²) >= 11 is 0. The minimum absolute atomic E-state index is 0.700. The van der Waals surface area contributed by atoms with E-state index < -0.39 is 0 Å². The number of aryl methyl sites for hydroxylation is 2. The first-order chi connectivity index (χ1) is 6.24. The van der Waals surface area contributed by atoms with Gasteiger partial charge in [-0.1, -0.05) is 0 Å². The van der Waals surface area contributed by atoms with Crippen LogP contribution in [0.25, 0.3) is 0 Å². The van der Waals surface area contributed by atoms with Gasteiger partial charge in [0.2, 0.25) is 0 Å². The van der Waals surface area contributed by atoms with E-state index in [-0.39, 0.29) is 0 Å². The Bertz CT molecular complexity index is 272. The lowest BCUT2D eigenvalue weighted by Crippen LogP contribution is -2.11. The maximum atomic E-state index is 5.38. The van der Waals surface area contributed by atoms with Gasteiger partial charge >= 0.3 is 0 Å². The molecule has 0 spiro atoms. The molecule has 0 amide bonds. The van der Waals surface area contributed by atoms with Crippen LogP contribution in [0.15, 0.2) is 6.20 Å². The van der Waals surface area contributed by atoms with E-state index in [0.29, 0.717) is 6.54 Å². The summed E-state index contributed by atoms with van der Waals surface area (Å²) in [4.78, 5) is 8.53. The van der Waals surface area contributed by atoms with E-state index in [4.69, 9.17) is 5.73 Å². The van der Waals surface area contributed by atoms with Crippen LogP contribution in [0.5, 0.6) is 0 Å². The molecule has 0 aliphatic rings. The summed E-state index contributed by atoms with van der Waals surface area (Å²) in [5, 5.41) is 3.20. The molecule has 0 fully saturated rings. The highest BCUT2D eigenvalue weighted by molar-refractivity contribution is 5.39. The predicted molar refractivity (Wildman–Crippen MR) is 53.7 cm³/mol. The Kier molecular flexibility index (Phi) is 3.64. The number of anilines is 1. The zero-order valence-corrected chi connectivity index (χ0v) is 8.17. The van der Waals surface area contributed by atoms with Crippen molar-refractivity contribution in [3.63, 3.8) is 0 Å². The van der Waals surface area contributed by atoms with E-state index in [1.165, 1.54) is 0 Å². The van der Waals surface area contributed by atoms with E-state index in [2.05, 4.69) is 15.3 Å². The lowest BCUT2D eigenvalue weighted by molar-refractivity contribution is 0.864. The van der Waals surface area contributed by atoms with Crippen molar-refractivity contribution < 1.29 is 0 Å². The lowest BCUT2D eigenvalue weighted by atomic mass is 10.4. The van der Waals surface area contributed by atoms with Crippen LogP contribution >= 0.6 is 0 Å². The third kappa shape index (κ3) is 2.99. The van der Waals surface area contributed by atoms with Crippen LogP contribution in [0, 0.1) is 13.8 Å². The first kappa shape index (κ1) is 9.92. The van der Waals surface area contributed by atoms with Crippen molar-refractivity contribution in [3.8, 4) is 0 Å². The summed E-state index contributed by atoms with van der Waals surface area (Å²) in [6.45, 7) is 5.43. The van der Waals surface area contributed by atoms with E-state index in [0.717, 1.165) is 30.2 Å². The number of nitrogens with two attached hydrogens (primary N) is 1. The molecule has 3 N–H and O–H groups in total. The van der Waals surface area contributed by atoms with Gasteiger partial charge in [-0.05, 0) is 26.8 Å². The van der Waals surface area contributed by atoms with Crippen molar-refractivity contribution in [2.45, 2.75) is 20.3 Å². The van der Waals surface area contributed by atoms with Gasteiger partial charge in [-0.2, -0.15) is 0 Å². The van der Waals surface area contributed by atoms with Gasteiger partial charge in [-0.25, -0.2) is 4.98 Å². The SMILES string of the molecule is Cc1cnc(C)c(NCCCN)n1. The molecule has 0 aliphatic carbocycles. The van der Waals surface area contributed by atoms with Gasteiger partial charge < -0.3 is 11.1 Å². The Hall–Kier alpha value is -1.16. The Labute approximate surface area is 78.6 Å². The molecule has 0 aromatic carbocycles. The highest BCUT2D eigenvalue weighted by atomic mass is 15.0. The Morgan fingerprint density at radius 1 is 1.46 bits per heavy atom. The van der Waals surface area contributed by atoms with Crippen molar-refractivity contribution in [3.05, 3.63) is 17.6 Å². The molecule has 13 heavy (non-hydrogen) atoms. The Morgan fingerprint density at radius 3 is 2.92 bits per heavy atom. The normalized spacial score (nSPS) is 10.1. The van der Waals surface area contributed by atoms with Crippen molar-refractivity contribution in [1.82, 2.24) is 9.97 Å². The third-order valence-corrected chi connectivity index (χ3v) is 1.75. The van der Waals surface area contributed by atoms with Crippen LogP contribution in [0.1, 0.15) is 17.8 Å². The Morgan fingerprint density at radius 2 is 2.23 bits per heavy atom. The summed E-state index contributed by atoms with van der Waals surface area (Å²) in [7, 11) is 0. The molecule has 72 valence electrons. The summed E-state index contributed by atoms with van der Waals surface area (Å²) < 4.78 is 0. The fourth-order valence-corrected chi connectivity index (χ4v) is 1.01. The van der Waals surface area contributed by atoms with Crippen LogP contribution in [0.2, 0.25) is 0 Å². The molecule has 0 bridgehead atoms. The van der Waals surface area contributed by atoms with E-state index in [1.807, 2.05) is 13.8 Å². The molecular weight excluding hydrogens is 164 g/mol. The molecule has 1 rings (SSSR count). The molecule has 0 atom stereocenters.